The summed E-state index contributed by atoms with van der Waals surface area (Å²) >= 11 is 0. The van der Waals surface area contributed by atoms with Gasteiger partial charge in [-0.3, -0.25) is 9.59 Å². The monoisotopic (exact) mass is 1020 g/mol. The molecule has 0 aliphatic carbocycles. The van der Waals surface area contributed by atoms with Crippen LogP contribution in [0.2, 0.25) is 0 Å². The minimum atomic E-state index is -0.851. The normalized spacial score (nSPS) is 12.6. The summed E-state index contributed by atoms with van der Waals surface area (Å²) in [5.74, 6) is -0.0678. The Bertz CT molecular complexity index is 1080. The Morgan fingerprint density at radius 1 is 0.375 bits per heavy atom. The van der Waals surface area contributed by atoms with E-state index in [-0.39, 0.29) is 18.5 Å². The van der Waals surface area contributed by atoms with E-state index in [0.29, 0.717) is 19.4 Å². The first kappa shape index (κ1) is 70.6. The molecule has 1 amide bonds. The van der Waals surface area contributed by atoms with Crippen molar-refractivity contribution in [2.75, 3.05) is 13.2 Å². The predicted molar refractivity (Wildman–Crippen MR) is 315 cm³/mol. The van der Waals surface area contributed by atoms with Crippen LogP contribution in [0.4, 0.5) is 0 Å². The van der Waals surface area contributed by atoms with Crippen LogP contribution < -0.4 is 5.32 Å². The Kier molecular flexibility index (Phi) is 60.9. The SMILES string of the molecule is CCCCCCCCCCCCCCCCCCCCCCCCC/C=C/C(O)C(CO)NC(=O)CCCCCCCCCCCCCCCCCOC(=O)CCCCCCCCCCCCCCCCC. The molecule has 0 aromatic heterocycles. The zero-order chi connectivity index (χ0) is 52.2. The van der Waals surface area contributed by atoms with E-state index >= 15 is 0 Å². The van der Waals surface area contributed by atoms with E-state index in [9.17, 15) is 19.8 Å². The summed E-state index contributed by atoms with van der Waals surface area (Å²) in [6.07, 6.45) is 75.5. The maximum atomic E-state index is 12.5. The van der Waals surface area contributed by atoms with E-state index < -0.39 is 12.1 Å². The van der Waals surface area contributed by atoms with Crippen LogP contribution in [0.3, 0.4) is 0 Å². The Morgan fingerprint density at radius 3 is 0.944 bits per heavy atom. The Labute approximate surface area is 450 Å². The summed E-state index contributed by atoms with van der Waals surface area (Å²) < 4.78 is 5.49. The van der Waals surface area contributed by atoms with Crippen molar-refractivity contribution in [2.45, 2.75) is 386 Å². The predicted octanol–water partition coefficient (Wildman–Crippen LogP) is 20.8. The summed E-state index contributed by atoms with van der Waals surface area (Å²) in [6.45, 7) is 4.93. The van der Waals surface area contributed by atoms with Gasteiger partial charge in [-0.2, -0.15) is 0 Å². The van der Waals surface area contributed by atoms with Gasteiger partial charge in [-0.1, -0.05) is 341 Å². The molecule has 0 aliphatic heterocycles. The molecular formula is C66H129NO5. The third-order valence-corrected chi connectivity index (χ3v) is 15.6. The van der Waals surface area contributed by atoms with Crippen molar-refractivity contribution in [3.63, 3.8) is 0 Å². The van der Waals surface area contributed by atoms with Crippen molar-refractivity contribution < 1.29 is 24.5 Å². The van der Waals surface area contributed by atoms with Crippen LogP contribution in [0.1, 0.15) is 373 Å². The van der Waals surface area contributed by atoms with Crippen LogP contribution in [-0.2, 0) is 14.3 Å². The number of nitrogens with one attached hydrogen (secondary N) is 1. The molecular weight excluding hydrogens is 887 g/mol. The highest BCUT2D eigenvalue weighted by molar-refractivity contribution is 5.76. The molecule has 0 aliphatic rings. The van der Waals surface area contributed by atoms with Crippen molar-refractivity contribution in [3.8, 4) is 0 Å². The summed E-state index contributed by atoms with van der Waals surface area (Å²) in [4.78, 5) is 24.6. The number of rotatable bonds is 62. The first-order valence-corrected chi connectivity index (χ1v) is 33.0. The van der Waals surface area contributed by atoms with Gasteiger partial charge in [0.2, 0.25) is 5.91 Å². The van der Waals surface area contributed by atoms with E-state index in [1.165, 1.54) is 302 Å². The third kappa shape index (κ3) is 57.9. The zero-order valence-corrected chi connectivity index (χ0v) is 48.9. The third-order valence-electron chi connectivity index (χ3n) is 15.6. The Hall–Kier alpha value is -1.40. The fourth-order valence-corrected chi connectivity index (χ4v) is 10.5. The summed E-state index contributed by atoms with van der Waals surface area (Å²) in [5.41, 5.74) is 0. The number of aliphatic hydroxyl groups is 2. The van der Waals surface area contributed by atoms with Gasteiger partial charge in [-0.15, -0.1) is 0 Å². The van der Waals surface area contributed by atoms with Gasteiger partial charge in [0.1, 0.15) is 0 Å². The number of ether oxygens (including phenoxy) is 1. The van der Waals surface area contributed by atoms with E-state index in [0.717, 1.165) is 44.9 Å². The van der Waals surface area contributed by atoms with Gasteiger partial charge in [0.05, 0.1) is 25.4 Å². The van der Waals surface area contributed by atoms with E-state index in [1.54, 1.807) is 6.08 Å². The van der Waals surface area contributed by atoms with Gasteiger partial charge in [0.15, 0.2) is 0 Å². The Morgan fingerprint density at radius 2 is 0.639 bits per heavy atom. The van der Waals surface area contributed by atoms with E-state index in [4.69, 9.17) is 4.74 Å². The maximum Gasteiger partial charge on any atom is 0.305 e. The van der Waals surface area contributed by atoms with Crippen molar-refractivity contribution >= 4 is 11.9 Å². The van der Waals surface area contributed by atoms with E-state index in [2.05, 4.69) is 19.2 Å². The molecule has 6 heteroatoms. The molecule has 6 nitrogen and oxygen atoms in total. The molecule has 2 unspecified atom stereocenters. The van der Waals surface area contributed by atoms with Gasteiger partial charge in [0.25, 0.3) is 0 Å². The summed E-state index contributed by atoms with van der Waals surface area (Å²) in [7, 11) is 0. The minimum Gasteiger partial charge on any atom is -0.466 e. The van der Waals surface area contributed by atoms with E-state index in [1.807, 2.05) is 6.08 Å². The number of hydrogen-bond acceptors (Lipinski definition) is 5. The smallest absolute Gasteiger partial charge is 0.305 e. The fourth-order valence-electron chi connectivity index (χ4n) is 10.5. The van der Waals surface area contributed by atoms with Gasteiger partial charge < -0.3 is 20.3 Å². The molecule has 0 aromatic rings. The summed E-state index contributed by atoms with van der Waals surface area (Å²) in [5, 5.41) is 23.2. The van der Waals surface area contributed by atoms with Crippen LogP contribution in [-0.4, -0.2) is 47.4 Å². The molecule has 72 heavy (non-hydrogen) atoms. The second-order valence-electron chi connectivity index (χ2n) is 22.8. The highest BCUT2D eigenvalue weighted by atomic mass is 16.5. The molecule has 0 radical (unpaired) electrons. The number of unbranched alkanes of at least 4 members (excludes halogenated alkanes) is 51. The van der Waals surface area contributed by atoms with Crippen molar-refractivity contribution in [1.82, 2.24) is 5.32 Å². The lowest BCUT2D eigenvalue weighted by Crippen LogP contribution is -2.45. The average molecular weight is 1020 g/mol. The van der Waals surface area contributed by atoms with Gasteiger partial charge in [-0.05, 0) is 32.1 Å². The number of carbonyl (C=O) groups is 2. The molecule has 0 saturated heterocycles. The first-order chi connectivity index (χ1) is 35.5. The van der Waals surface area contributed by atoms with Crippen molar-refractivity contribution in [1.29, 1.82) is 0 Å². The first-order valence-electron chi connectivity index (χ1n) is 33.0. The number of aliphatic hydroxyl groups excluding tert-OH is 2. The number of hydrogen-bond donors (Lipinski definition) is 3. The molecule has 0 fully saturated rings. The molecule has 0 saturated carbocycles. The lowest BCUT2D eigenvalue weighted by Gasteiger charge is -2.20. The quantitative estimate of drug-likeness (QED) is 0.0320. The standard InChI is InChI=1S/C66H129NO5/c1-3-5-7-9-11-13-15-17-19-20-21-22-23-24-25-26-27-28-31-34-38-42-46-50-54-58-64(69)63(62-68)67-65(70)59-55-51-47-43-39-35-32-29-33-37-41-45-49-53-57-61-72-66(71)60-56-52-48-44-40-36-30-18-16-14-12-10-8-6-4-2/h54,58,63-64,68-69H,3-53,55-57,59-62H2,1-2H3,(H,67,70)/b58-54+. The molecule has 0 rings (SSSR count). The van der Waals surface area contributed by atoms with Crippen molar-refractivity contribution in [3.05, 3.63) is 12.2 Å². The number of allylic oxidation sites excluding steroid dienone is 1. The van der Waals surface area contributed by atoms with Gasteiger partial charge in [-0.25, -0.2) is 0 Å². The van der Waals surface area contributed by atoms with Crippen LogP contribution in [0.25, 0.3) is 0 Å². The molecule has 0 spiro atoms. The Balaban J connectivity index is 3.44. The van der Waals surface area contributed by atoms with Crippen LogP contribution in [0.15, 0.2) is 12.2 Å². The molecule has 428 valence electrons. The fraction of sp³-hybridized carbons (Fsp3) is 0.939. The average Bonchev–Trinajstić information content (AvgIpc) is 3.38. The second-order valence-corrected chi connectivity index (χ2v) is 22.8. The lowest BCUT2D eigenvalue weighted by atomic mass is 10.0. The summed E-state index contributed by atoms with van der Waals surface area (Å²) in [6, 6.07) is -0.635. The molecule has 2 atom stereocenters. The van der Waals surface area contributed by atoms with Gasteiger partial charge in [0, 0.05) is 12.8 Å². The second kappa shape index (κ2) is 62.1. The minimum absolute atomic E-state index is 0.00374. The number of amides is 1. The van der Waals surface area contributed by atoms with Crippen LogP contribution >= 0.6 is 0 Å². The van der Waals surface area contributed by atoms with Crippen LogP contribution in [0.5, 0.6) is 0 Å². The molecule has 0 bridgehead atoms. The topological polar surface area (TPSA) is 95.9 Å². The molecule has 3 N–H and O–H groups in total. The highest BCUT2D eigenvalue weighted by Gasteiger charge is 2.18. The molecule has 0 heterocycles. The molecule has 0 aromatic carbocycles. The highest BCUT2D eigenvalue weighted by Crippen LogP contribution is 2.19. The van der Waals surface area contributed by atoms with Crippen LogP contribution in [0, 0.1) is 0 Å². The van der Waals surface area contributed by atoms with Crippen molar-refractivity contribution in [2.24, 2.45) is 0 Å². The zero-order valence-electron chi connectivity index (χ0n) is 48.9. The number of esters is 1. The van der Waals surface area contributed by atoms with Gasteiger partial charge >= 0.3 is 5.97 Å². The maximum absolute atomic E-state index is 12.5. The lowest BCUT2D eigenvalue weighted by molar-refractivity contribution is -0.143. The number of carbonyl (C=O) groups excluding carboxylic acids is 2. The largest absolute Gasteiger partial charge is 0.466 e.